The maximum absolute atomic E-state index is 13.0. The molecular formula is C22H15F6N3O2S. The molecule has 0 spiro atoms. The first-order valence-corrected chi connectivity index (χ1v) is 11.4. The molecule has 0 aliphatic heterocycles. The molecule has 34 heavy (non-hydrogen) atoms. The molecule has 0 saturated carbocycles. The van der Waals surface area contributed by atoms with Crippen molar-refractivity contribution in [2.24, 2.45) is 0 Å². The van der Waals surface area contributed by atoms with Crippen LogP contribution in [0.2, 0.25) is 0 Å². The second kappa shape index (κ2) is 8.12. The molecule has 0 unspecified atom stereocenters. The van der Waals surface area contributed by atoms with Crippen molar-refractivity contribution in [3.05, 3.63) is 72.3 Å². The van der Waals surface area contributed by atoms with E-state index in [0.717, 1.165) is 24.5 Å². The highest BCUT2D eigenvalue weighted by atomic mass is 32.2. The van der Waals surface area contributed by atoms with E-state index in [1.807, 2.05) is 0 Å². The minimum atomic E-state index is -4.67. The van der Waals surface area contributed by atoms with Crippen LogP contribution in [0.5, 0.6) is 0 Å². The lowest BCUT2D eigenvalue weighted by Crippen LogP contribution is -2.08. The fourth-order valence-corrected chi connectivity index (χ4v) is 4.48. The molecule has 12 heteroatoms. The number of alkyl halides is 6. The van der Waals surface area contributed by atoms with Gasteiger partial charge >= 0.3 is 12.4 Å². The van der Waals surface area contributed by atoms with Crippen LogP contribution in [0.1, 0.15) is 18.2 Å². The van der Waals surface area contributed by atoms with Crippen molar-refractivity contribution in [1.82, 2.24) is 14.4 Å². The van der Waals surface area contributed by atoms with E-state index in [9.17, 15) is 34.8 Å². The molecular weight excluding hydrogens is 484 g/mol. The van der Waals surface area contributed by atoms with Crippen molar-refractivity contribution in [1.29, 1.82) is 0 Å². The number of aromatic nitrogens is 3. The molecule has 0 saturated heterocycles. The van der Waals surface area contributed by atoms with Crippen LogP contribution in [0, 0.1) is 0 Å². The summed E-state index contributed by atoms with van der Waals surface area (Å²) in [5.41, 5.74) is -1.09. The van der Waals surface area contributed by atoms with Crippen molar-refractivity contribution >= 4 is 15.5 Å². The van der Waals surface area contributed by atoms with Gasteiger partial charge in [-0.3, -0.25) is 4.40 Å². The Morgan fingerprint density at radius 2 is 1.53 bits per heavy atom. The van der Waals surface area contributed by atoms with Gasteiger partial charge in [-0.25, -0.2) is 18.4 Å². The Hall–Kier alpha value is -3.41. The average molecular weight is 499 g/mol. The summed E-state index contributed by atoms with van der Waals surface area (Å²) in [6, 6.07) is 9.25. The number of imidazole rings is 1. The van der Waals surface area contributed by atoms with Crippen molar-refractivity contribution in [2.45, 2.75) is 24.2 Å². The zero-order valence-corrected chi connectivity index (χ0v) is 18.1. The van der Waals surface area contributed by atoms with Crippen LogP contribution in [0.3, 0.4) is 0 Å². The Kier molecular flexibility index (Phi) is 5.67. The summed E-state index contributed by atoms with van der Waals surface area (Å²) in [6.45, 7) is 1.42. The summed E-state index contributed by atoms with van der Waals surface area (Å²) in [5.74, 6) is -0.274. The molecule has 0 aliphatic carbocycles. The van der Waals surface area contributed by atoms with Gasteiger partial charge < -0.3 is 0 Å². The van der Waals surface area contributed by atoms with Crippen LogP contribution in [-0.2, 0) is 22.2 Å². The first-order valence-electron chi connectivity index (χ1n) is 9.76. The summed E-state index contributed by atoms with van der Waals surface area (Å²) in [7, 11) is -3.83. The number of nitrogens with zero attached hydrogens (tertiary/aromatic N) is 3. The molecule has 178 valence electrons. The van der Waals surface area contributed by atoms with E-state index < -0.39 is 33.4 Å². The first-order chi connectivity index (χ1) is 15.8. The fraction of sp³-hybridized carbons (Fsp3) is 0.182. The molecule has 4 aromatic rings. The zero-order chi connectivity index (χ0) is 24.9. The number of hydrogen-bond donors (Lipinski definition) is 0. The molecule has 0 aliphatic rings. The normalized spacial score (nSPS) is 12.9. The van der Waals surface area contributed by atoms with Gasteiger partial charge in [0.05, 0.1) is 21.9 Å². The SMILES string of the molecule is CCS(=O)(=O)c1cc(-c2ccc(C(F)(F)F)cc2)ccc1-c1cn2cnc(C(F)(F)F)cc2n1. The van der Waals surface area contributed by atoms with Gasteiger partial charge in [-0.2, -0.15) is 26.3 Å². The first kappa shape index (κ1) is 23.7. The van der Waals surface area contributed by atoms with Gasteiger partial charge in [0.15, 0.2) is 9.84 Å². The second-order valence-electron chi connectivity index (χ2n) is 7.35. The zero-order valence-electron chi connectivity index (χ0n) is 17.3. The Labute approximate surface area is 189 Å². The summed E-state index contributed by atoms with van der Waals surface area (Å²) in [5, 5.41) is 0. The molecule has 0 radical (unpaired) electrons. The molecule has 0 N–H and O–H groups in total. The van der Waals surface area contributed by atoms with Crippen LogP contribution < -0.4 is 0 Å². The number of sulfone groups is 1. The monoisotopic (exact) mass is 499 g/mol. The summed E-state index contributed by atoms with van der Waals surface area (Å²) in [6.07, 6.45) is -6.90. The lowest BCUT2D eigenvalue weighted by molar-refractivity contribution is -0.141. The number of benzene rings is 2. The molecule has 2 aromatic heterocycles. The molecule has 0 atom stereocenters. The molecule has 5 nitrogen and oxygen atoms in total. The predicted octanol–water partition coefficient (Wildman–Crippen LogP) is 5.89. The largest absolute Gasteiger partial charge is 0.433 e. The van der Waals surface area contributed by atoms with Gasteiger partial charge in [-0.05, 0) is 29.3 Å². The number of halogens is 6. The van der Waals surface area contributed by atoms with Gasteiger partial charge in [0, 0.05) is 17.8 Å². The third kappa shape index (κ3) is 4.49. The molecule has 4 rings (SSSR count). The second-order valence-corrected chi connectivity index (χ2v) is 9.60. The lowest BCUT2D eigenvalue weighted by atomic mass is 10.0. The van der Waals surface area contributed by atoms with Gasteiger partial charge in [0.25, 0.3) is 0 Å². The minimum Gasteiger partial charge on any atom is -0.290 e. The molecule has 0 amide bonds. The highest BCUT2D eigenvalue weighted by Crippen LogP contribution is 2.35. The quantitative estimate of drug-likeness (QED) is 0.328. The van der Waals surface area contributed by atoms with Gasteiger partial charge in [0.1, 0.15) is 17.7 Å². The Balaban J connectivity index is 1.84. The molecule has 0 fully saturated rings. The smallest absolute Gasteiger partial charge is 0.290 e. The molecule has 0 bridgehead atoms. The number of rotatable bonds is 4. The van der Waals surface area contributed by atoms with Crippen LogP contribution in [-0.4, -0.2) is 28.5 Å². The van der Waals surface area contributed by atoms with E-state index in [1.54, 1.807) is 0 Å². The van der Waals surface area contributed by atoms with Crippen LogP contribution in [0.25, 0.3) is 28.0 Å². The van der Waals surface area contributed by atoms with Crippen molar-refractivity contribution in [2.75, 3.05) is 5.75 Å². The van der Waals surface area contributed by atoms with E-state index in [2.05, 4.69) is 9.97 Å². The summed E-state index contributed by atoms with van der Waals surface area (Å²) >= 11 is 0. The van der Waals surface area contributed by atoms with Gasteiger partial charge in [0.2, 0.25) is 0 Å². The average Bonchev–Trinajstić information content (AvgIpc) is 3.21. The standard InChI is InChI=1S/C22H15F6N3O2S/c1-2-34(32,33)18-9-14(13-3-6-15(7-4-13)21(23,24)25)5-8-16(18)17-11-31-12-29-19(22(26,27)28)10-20(31)30-17/h3-12H,2H2,1H3. The van der Waals surface area contributed by atoms with Crippen LogP contribution in [0.15, 0.2) is 66.0 Å². The summed E-state index contributed by atoms with van der Waals surface area (Å²) < 4.78 is 104. The van der Waals surface area contributed by atoms with E-state index in [1.165, 1.54) is 47.9 Å². The summed E-state index contributed by atoms with van der Waals surface area (Å²) in [4.78, 5) is 7.35. The molecule has 2 heterocycles. The fourth-order valence-electron chi connectivity index (χ4n) is 3.35. The predicted molar refractivity (Wildman–Crippen MR) is 112 cm³/mol. The highest BCUT2D eigenvalue weighted by molar-refractivity contribution is 7.91. The number of hydrogen-bond acceptors (Lipinski definition) is 4. The van der Waals surface area contributed by atoms with Crippen molar-refractivity contribution < 1.29 is 34.8 Å². The Morgan fingerprint density at radius 1 is 0.882 bits per heavy atom. The third-order valence-corrected chi connectivity index (χ3v) is 6.92. The maximum atomic E-state index is 13.0. The lowest BCUT2D eigenvalue weighted by Gasteiger charge is -2.12. The topological polar surface area (TPSA) is 64.3 Å². The third-order valence-electron chi connectivity index (χ3n) is 5.16. The van der Waals surface area contributed by atoms with Crippen molar-refractivity contribution in [3.63, 3.8) is 0 Å². The maximum Gasteiger partial charge on any atom is 0.433 e. The molecule has 2 aromatic carbocycles. The Morgan fingerprint density at radius 3 is 2.12 bits per heavy atom. The van der Waals surface area contributed by atoms with E-state index in [-0.39, 0.29) is 27.6 Å². The van der Waals surface area contributed by atoms with Gasteiger partial charge in [-0.15, -0.1) is 0 Å². The van der Waals surface area contributed by atoms with Crippen molar-refractivity contribution in [3.8, 4) is 22.4 Å². The highest BCUT2D eigenvalue weighted by Gasteiger charge is 2.33. The number of fused-ring (bicyclic) bond motifs is 1. The van der Waals surface area contributed by atoms with E-state index in [4.69, 9.17) is 0 Å². The van der Waals surface area contributed by atoms with Gasteiger partial charge in [-0.1, -0.05) is 31.2 Å². The van der Waals surface area contributed by atoms with Crippen LogP contribution in [0.4, 0.5) is 26.3 Å². The van der Waals surface area contributed by atoms with E-state index >= 15 is 0 Å². The minimum absolute atomic E-state index is 0.0796. The van der Waals surface area contributed by atoms with Crippen LogP contribution >= 0.6 is 0 Å². The Bertz CT molecular complexity index is 1470. The van der Waals surface area contributed by atoms with E-state index in [0.29, 0.717) is 11.1 Å².